The van der Waals surface area contributed by atoms with E-state index >= 15 is 0 Å². The second-order valence-electron chi connectivity index (χ2n) is 25.1. The van der Waals surface area contributed by atoms with Crippen LogP contribution in [0.1, 0.15) is 245 Å². The molecular weight excluding hydrogens is 1200 g/mol. The molecule has 0 aromatic heterocycles. The fourth-order valence-electron chi connectivity index (χ4n) is 9.27. The Hall–Kier alpha value is -6.65. The minimum Gasteiger partial charge on any atom is -0.477 e. The summed E-state index contributed by atoms with van der Waals surface area (Å²) in [5.74, 6) is -2.07. The maximum Gasteiger partial charge on any atom is 0.361 e. The zero-order chi connectivity index (χ0) is 70.4. The van der Waals surface area contributed by atoms with E-state index in [9.17, 15) is 19.5 Å². The summed E-state index contributed by atoms with van der Waals surface area (Å²) in [4.78, 5) is 37.7. The predicted molar refractivity (Wildman–Crippen MR) is 418 cm³/mol. The smallest absolute Gasteiger partial charge is 0.361 e. The van der Waals surface area contributed by atoms with Gasteiger partial charge in [-0.3, -0.25) is 9.59 Å². The van der Waals surface area contributed by atoms with Crippen LogP contribution in [0.4, 0.5) is 0 Å². The molecule has 2 atom stereocenters. The van der Waals surface area contributed by atoms with Gasteiger partial charge in [-0.2, -0.15) is 0 Å². The van der Waals surface area contributed by atoms with Crippen LogP contribution in [0, 0.1) is 0 Å². The molecule has 1 N–H and O–H groups in total. The average molecular weight is 1340 g/mol. The molecule has 9 nitrogen and oxygen atoms in total. The number of hydrogen-bond acceptors (Lipinski definition) is 7. The largest absolute Gasteiger partial charge is 0.477 e. The number of likely N-dealkylation sites (N-methyl/N-ethyl adjacent to an activating group) is 1. The summed E-state index contributed by atoms with van der Waals surface area (Å²) in [7, 11) is 5.95. The maximum atomic E-state index is 13.0. The van der Waals surface area contributed by atoms with E-state index in [0.717, 1.165) is 193 Å². The number of hydrogen-bond donors (Lipinski definition) is 1. The number of rotatable bonds is 66. The van der Waals surface area contributed by atoms with Gasteiger partial charge < -0.3 is 28.5 Å². The monoisotopic (exact) mass is 1340 g/mol. The van der Waals surface area contributed by atoms with Gasteiger partial charge in [-0.1, -0.05) is 303 Å². The first-order chi connectivity index (χ1) is 47.6. The van der Waals surface area contributed by atoms with Crippen molar-refractivity contribution in [2.24, 2.45) is 0 Å². The molecule has 0 aromatic carbocycles. The topological polar surface area (TPSA) is 108 Å². The molecular formula is C88H136NO8+. The number of carboxylic acids is 1. The Labute approximate surface area is 593 Å². The van der Waals surface area contributed by atoms with Crippen molar-refractivity contribution >= 4 is 17.9 Å². The highest BCUT2D eigenvalue weighted by molar-refractivity contribution is 5.71. The third kappa shape index (κ3) is 76.6. The molecule has 0 aromatic rings. The molecule has 0 bridgehead atoms. The fraction of sp³-hybridized carbons (Fsp3) is 0.534. The number of unbranched alkanes of at least 4 members (excludes halogenated alkanes) is 13. The number of quaternary nitrogens is 1. The SMILES string of the molecule is CC/C=C\C/C=C\C/C=C\C/C=C\C/C=C\C/C=C\C/C=C\C/C=C\C/C=C\C/C=C\CCCCCCCCC(=O)OC(COC(=O)CCCCCCCCC/C=C\C/C=C\C/C=C\C/C=C\C/C=C\C/C=C\C/C=C\C/C=C\C/C=C\CC)COC(OCC[N+](C)(C)C)C(=O)O. The van der Waals surface area contributed by atoms with Crippen LogP contribution >= 0.6 is 0 Å². The standard InChI is InChI=1S/C88H135NO8/c1-6-8-10-12-14-16-18-20-22-24-26-28-30-32-34-36-38-40-42-43-45-47-49-51-53-55-57-59-61-63-65-67-69-71-73-75-77-79-86(91)97-84(83-96-88(87(92)93)94-81-80-89(3,4)5)82-95-85(90)78-76-74-72-70-68-66-64-62-60-58-56-54-52-50-48-46-44-41-39-37-35-33-31-29-27-25-23-21-19-17-15-13-11-9-7-2/h8-11,14-17,20-23,26-29,32-35,38-41,43,45-46,48-49,51-52,54-55,57-58,60-61,63,84,88H,6-7,12-13,18-19,24-25,30-31,36-37,42,44,47,50,53,56,59,62,64-83H2,1-5H3/p+1/b10-8-,11-9-,16-14-,17-15-,22-20-,23-21-,28-26-,29-27-,34-32-,35-33-,40-38-,41-39-,45-43-,48-46-,51-49-,54-52-,57-55-,60-58-,63-61-. The van der Waals surface area contributed by atoms with Gasteiger partial charge in [-0.05, 0) is 161 Å². The third-order valence-corrected chi connectivity index (χ3v) is 14.9. The van der Waals surface area contributed by atoms with Crippen LogP contribution in [-0.4, -0.2) is 87.4 Å². The number of aliphatic carboxylic acids is 1. The Morgan fingerprint density at radius 2 is 0.557 bits per heavy atom. The quantitative estimate of drug-likeness (QED) is 0.0211. The van der Waals surface area contributed by atoms with E-state index in [2.05, 4.69) is 245 Å². The number of allylic oxidation sites excluding steroid dienone is 38. The Morgan fingerprint density at radius 1 is 0.309 bits per heavy atom. The first-order valence-corrected chi connectivity index (χ1v) is 37.5. The number of nitrogens with zero attached hydrogens (tertiary/aromatic N) is 1. The van der Waals surface area contributed by atoms with E-state index in [-0.39, 0.29) is 38.6 Å². The molecule has 0 aliphatic rings. The molecule has 0 rings (SSSR count). The first kappa shape index (κ1) is 90.4. The molecule has 0 amide bonds. The molecule has 0 saturated heterocycles. The van der Waals surface area contributed by atoms with Crippen LogP contribution in [0.3, 0.4) is 0 Å². The summed E-state index contributed by atoms with van der Waals surface area (Å²) in [5, 5.41) is 9.76. The van der Waals surface area contributed by atoms with Crippen molar-refractivity contribution < 1.29 is 42.9 Å². The van der Waals surface area contributed by atoms with Crippen molar-refractivity contribution in [3.05, 3.63) is 231 Å². The van der Waals surface area contributed by atoms with Crippen molar-refractivity contribution in [3.63, 3.8) is 0 Å². The van der Waals surface area contributed by atoms with Crippen LogP contribution in [0.5, 0.6) is 0 Å². The lowest BCUT2D eigenvalue weighted by atomic mass is 10.1. The van der Waals surface area contributed by atoms with Gasteiger partial charge in [0.2, 0.25) is 0 Å². The highest BCUT2D eigenvalue weighted by atomic mass is 16.7. The second-order valence-corrected chi connectivity index (χ2v) is 25.1. The Balaban J connectivity index is 4.26. The van der Waals surface area contributed by atoms with E-state index in [0.29, 0.717) is 17.4 Å². The molecule has 0 spiro atoms. The van der Waals surface area contributed by atoms with E-state index in [4.69, 9.17) is 18.9 Å². The first-order valence-electron chi connectivity index (χ1n) is 37.5. The van der Waals surface area contributed by atoms with Crippen molar-refractivity contribution in [1.29, 1.82) is 0 Å². The molecule has 97 heavy (non-hydrogen) atoms. The summed E-state index contributed by atoms with van der Waals surface area (Å²) in [6.07, 6.45) is 117. The minimum absolute atomic E-state index is 0.169. The van der Waals surface area contributed by atoms with Gasteiger partial charge in [0, 0.05) is 12.8 Å². The number of carbonyl (C=O) groups is 3. The second kappa shape index (κ2) is 75.1. The average Bonchev–Trinajstić information content (AvgIpc) is 3.11. The van der Waals surface area contributed by atoms with Crippen molar-refractivity contribution in [1.82, 2.24) is 0 Å². The van der Waals surface area contributed by atoms with Gasteiger partial charge in [-0.15, -0.1) is 0 Å². The molecule has 0 aliphatic carbocycles. The summed E-state index contributed by atoms with van der Waals surface area (Å²) in [6, 6.07) is 0. The van der Waals surface area contributed by atoms with Crippen molar-refractivity contribution in [3.8, 4) is 0 Å². The zero-order valence-corrected chi connectivity index (χ0v) is 61.6. The number of carbonyl (C=O) groups excluding carboxylic acids is 2. The Morgan fingerprint density at radius 3 is 0.825 bits per heavy atom. The van der Waals surface area contributed by atoms with Gasteiger partial charge >= 0.3 is 17.9 Å². The molecule has 0 saturated carbocycles. The predicted octanol–water partition coefficient (Wildman–Crippen LogP) is 24.2. The Kier molecular flexibility index (Phi) is 70.0. The summed E-state index contributed by atoms with van der Waals surface area (Å²) >= 11 is 0. The number of esters is 2. The molecule has 2 unspecified atom stereocenters. The molecule has 0 fully saturated rings. The van der Waals surface area contributed by atoms with Crippen molar-refractivity contribution in [2.75, 3.05) is 47.5 Å². The van der Waals surface area contributed by atoms with Gasteiger partial charge in [0.05, 0.1) is 34.4 Å². The van der Waals surface area contributed by atoms with E-state index < -0.39 is 24.3 Å². The van der Waals surface area contributed by atoms with Crippen LogP contribution in [0.25, 0.3) is 0 Å². The third-order valence-electron chi connectivity index (χ3n) is 14.9. The van der Waals surface area contributed by atoms with Crippen molar-refractivity contribution in [2.45, 2.75) is 257 Å². The molecule has 0 radical (unpaired) electrons. The van der Waals surface area contributed by atoms with E-state index in [1.807, 2.05) is 21.1 Å². The molecule has 0 heterocycles. The summed E-state index contributed by atoms with van der Waals surface area (Å²) in [6.45, 7) is 4.59. The van der Waals surface area contributed by atoms with Gasteiger partial charge in [0.1, 0.15) is 13.2 Å². The normalized spacial score (nSPS) is 14.0. The molecule has 9 heteroatoms. The Bertz CT molecular complexity index is 2450. The lowest BCUT2D eigenvalue weighted by Gasteiger charge is -2.25. The fourth-order valence-corrected chi connectivity index (χ4v) is 9.27. The number of carboxylic acid groups (broad SMARTS) is 1. The van der Waals surface area contributed by atoms with Crippen LogP contribution < -0.4 is 0 Å². The highest BCUT2D eigenvalue weighted by Crippen LogP contribution is 2.14. The number of ether oxygens (including phenoxy) is 4. The van der Waals surface area contributed by atoms with Crippen LogP contribution in [0.15, 0.2) is 231 Å². The van der Waals surface area contributed by atoms with Gasteiger partial charge in [-0.25, -0.2) is 4.79 Å². The summed E-state index contributed by atoms with van der Waals surface area (Å²) in [5.41, 5.74) is 0. The van der Waals surface area contributed by atoms with E-state index in [1.165, 1.54) is 19.3 Å². The van der Waals surface area contributed by atoms with E-state index in [1.54, 1.807) is 0 Å². The molecule has 540 valence electrons. The lowest BCUT2D eigenvalue weighted by molar-refractivity contribution is -0.870. The van der Waals surface area contributed by atoms with Crippen LogP contribution in [-0.2, 0) is 33.3 Å². The zero-order valence-electron chi connectivity index (χ0n) is 61.6. The minimum atomic E-state index is -1.54. The van der Waals surface area contributed by atoms with Crippen LogP contribution in [0.2, 0.25) is 0 Å². The van der Waals surface area contributed by atoms with Gasteiger partial charge in [0.15, 0.2) is 6.10 Å². The molecule has 0 aliphatic heterocycles. The lowest BCUT2D eigenvalue weighted by Crippen LogP contribution is -2.40. The summed E-state index contributed by atoms with van der Waals surface area (Å²) < 4.78 is 23.0. The van der Waals surface area contributed by atoms with Gasteiger partial charge in [0.25, 0.3) is 6.29 Å². The maximum absolute atomic E-state index is 13.0. The highest BCUT2D eigenvalue weighted by Gasteiger charge is 2.25.